The van der Waals surface area contributed by atoms with E-state index in [1.165, 1.54) is 18.4 Å². The van der Waals surface area contributed by atoms with Crippen molar-refractivity contribution in [3.8, 4) is 5.75 Å². The van der Waals surface area contributed by atoms with Gasteiger partial charge in [-0.15, -0.1) is 24.8 Å². The van der Waals surface area contributed by atoms with E-state index in [0.717, 1.165) is 36.6 Å². The minimum atomic E-state index is 0. The van der Waals surface area contributed by atoms with Gasteiger partial charge in [-0.05, 0) is 42.5 Å². The monoisotopic (exact) mass is 382 g/mol. The molecule has 114 valence electrons. The molecule has 1 aliphatic heterocycles. The molecule has 2 fully saturated rings. The highest BCUT2D eigenvalue weighted by atomic mass is 79.9. The number of phenols is 1. The van der Waals surface area contributed by atoms with E-state index in [1.54, 1.807) is 6.07 Å². The summed E-state index contributed by atoms with van der Waals surface area (Å²) < 4.78 is 1.12. The van der Waals surface area contributed by atoms with Crippen molar-refractivity contribution in [2.45, 2.75) is 18.9 Å². The largest absolute Gasteiger partial charge is 0.508 e. The maximum Gasteiger partial charge on any atom is 0.115 e. The molecular weight excluding hydrogens is 363 g/mol. The van der Waals surface area contributed by atoms with Crippen LogP contribution in [0, 0.1) is 5.92 Å². The van der Waals surface area contributed by atoms with Gasteiger partial charge in [-0.3, -0.25) is 4.90 Å². The fourth-order valence-electron chi connectivity index (χ4n) is 2.88. The van der Waals surface area contributed by atoms with Gasteiger partial charge in [0.25, 0.3) is 0 Å². The van der Waals surface area contributed by atoms with Gasteiger partial charge in [-0.1, -0.05) is 15.9 Å². The average Bonchev–Trinajstić information content (AvgIpc) is 3.20. The van der Waals surface area contributed by atoms with Crippen molar-refractivity contribution in [1.29, 1.82) is 0 Å². The van der Waals surface area contributed by atoms with Gasteiger partial charge in [0.05, 0.1) is 0 Å². The van der Waals surface area contributed by atoms with E-state index in [1.807, 2.05) is 12.1 Å². The zero-order valence-electron chi connectivity index (χ0n) is 11.2. The molecule has 1 saturated carbocycles. The molecule has 1 aliphatic carbocycles. The molecule has 0 spiro atoms. The highest BCUT2D eigenvalue weighted by Crippen LogP contribution is 2.47. The molecule has 20 heavy (non-hydrogen) atoms. The van der Waals surface area contributed by atoms with Gasteiger partial charge < -0.3 is 10.4 Å². The predicted molar refractivity (Wildman–Crippen MR) is 90.2 cm³/mol. The van der Waals surface area contributed by atoms with Crippen molar-refractivity contribution in [1.82, 2.24) is 10.2 Å². The maximum absolute atomic E-state index is 9.74. The van der Waals surface area contributed by atoms with Gasteiger partial charge in [0.15, 0.2) is 0 Å². The van der Waals surface area contributed by atoms with Gasteiger partial charge in [-0.25, -0.2) is 0 Å². The normalized spacial score (nSPS) is 20.6. The summed E-state index contributed by atoms with van der Waals surface area (Å²) in [5.74, 6) is 1.13. The first-order valence-electron chi connectivity index (χ1n) is 6.69. The minimum absolute atomic E-state index is 0. The van der Waals surface area contributed by atoms with E-state index in [9.17, 15) is 5.11 Å². The molecule has 3 rings (SSSR count). The Morgan fingerprint density at radius 2 is 1.85 bits per heavy atom. The topological polar surface area (TPSA) is 35.5 Å². The Morgan fingerprint density at radius 3 is 2.45 bits per heavy atom. The number of piperazine rings is 1. The second kappa shape index (κ2) is 7.85. The maximum atomic E-state index is 9.74. The SMILES string of the molecule is Cl.Cl.Oc1ccc(Br)c([C@H](C2CC2)N2CCNCC2)c1. The Hall–Kier alpha value is -0.000000000000000111. The molecular formula is C14H21BrCl2N2O. The van der Waals surface area contributed by atoms with Crippen LogP contribution in [0.15, 0.2) is 22.7 Å². The molecule has 0 aromatic heterocycles. The Morgan fingerprint density at radius 1 is 1.20 bits per heavy atom. The lowest BCUT2D eigenvalue weighted by Gasteiger charge is -2.36. The Labute approximate surface area is 141 Å². The standard InChI is InChI=1S/C14H19BrN2O.2ClH/c15-13-4-3-11(18)9-12(13)14(10-1-2-10)17-7-5-16-6-8-17;;/h3-4,9-10,14,16,18H,1-2,5-8H2;2*1H/t14-;;/m0../s1. The molecule has 0 bridgehead atoms. The van der Waals surface area contributed by atoms with Crippen LogP contribution in [0.1, 0.15) is 24.4 Å². The molecule has 1 heterocycles. The lowest BCUT2D eigenvalue weighted by Crippen LogP contribution is -2.45. The number of benzene rings is 1. The first-order chi connectivity index (χ1) is 8.75. The Balaban J connectivity index is 0.000001000. The fourth-order valence-corrected chi connectivity index (χ4v) is 3.36. The van der Waals surface area contributed by atoms with Crippen molar-refractivity contribution in [3.63, 3.8) is 0 Å². The summed E-state index contributed by atoms with van der Waals surface area (Å²) in [5, 5.41) is 13.1. The third-order valence-electron chi connectivity index (χ3n) is 3.91. The molecule has 2 N–H and O–H groups in total. The third kappa shape index (κ3) is 4.01. The second-order valence-electron chi connectivity index (χ2n) is 5.27. The summed E-state index contributed by atoms with van der Waals surface area (Å²) in [6.07, 6.45) is 2.63. The van der Waals surface area contributed by atoms with Crippen molar-refractivity contribution in [2.24, 2.45) is 5.92 Å². The summed E-state index contributed by atoms with van der Waals surface area (Å²) >= 11 is 3.64. The molecule has 1 aromatic rings. The molecule has 0 amide bonds. The van der Waals surface area contributed by atoms with E-state index in [2.05, 4.69) is 26.1 Å². The number of rotatable bonds is 3. The van der Waals surface area contributed by atoms with Crippen molar-refractivity contribution in [3.05, 3.63) is 28.2 Å². The molecule has 1 atom stereocenters. The van der Waals surface area contributed by atoms with Gasteiger partial charge in [0, 0.05) is 36.7 Å². The van der Waals surface area contributed by atoms with Crippen molar-refractivity contribution in [2.75, 3.05) is 26.2 Å². The van der Waals surface area contributed by atoms with Crippen LogP contribution in [0.25, 0.3) is 0 Å². The van der Waals surface area contributed by atoms with Crippen LogP contribution in [-0.2, 0) is 0 Å². The van der Waals surface area contributed by atoms with Crippen LogP contribution < -0.4 is 5.32 Å². The molecule has 0 unspecified atom stereocenters. The Bertz CT molecular complexity index is 437. The number of phenolic OH excluding ortho intramolecular Hbond substituents is 1. The van der Waals surface area contributed by atoms with Gasteiger partial charge >= 0.3 is 0 Å². The molecule has 6 heteroatoms. The molecule has 1 aromatic carbocycles. The third-order valence-corrected chi connectivity index (χ3v) is 4.63. The zero-order valence-corrected chi connectivity index (χ0v) is 14.4. The number of halogens is 3. The number of nitrogens with one attached hydrogen (secondary N) is 1. The van der Waals surface area contributed by atoms with Crippen LogP contribution >= 0.6 is 40.7 Å². The van der Waals surface area contributed by atoms with Crippen LogP contribution in [0.2, 0.25) is 0 Å². The van der Waals surface area contributed by atoms with Gasteiger partial charge in [-0.2, -0.15) is 0 Å². The van der Waals surface area contributed by atoms with Crippen LogP contribution in [0.3, 0.4) is 0 Å². The smallest absolute Gasteiger partial charge is 0.115 e. The van der Waals surface area contributed by atoms with Crippen LogP contribution in [-0.4, -0.2) is 36.2 Å². The first kappa shape index (κ1) is 18.1. The van der Waals surface area contributed by atoms with E-state index >= 15 is 0 Å². The second-order valence-corrected chi connectivity index (χ2v) is 6.13. The van der Waals surface area contributed by atoms with E-state index < -0.39 is 0 Å². The van der Waals surface area contributed by atoms with E-state index in [4.69, 9.17) is 0 Å². The quantitative estimate of drug-likeness (QED) is 0.839. The lowest BCUT2D eigenvalue weighted by atomic mass is 9.99. The molecule has 1 saturated heterocycles. The minimum Gasteiger partial charge on any atom is -0.508 e. The van der Waals surface area contributed by atoms with Crippen molar-refractivity contribution >= 4 is 40.7 Å². The number of aromatic hydroxyl groups is 1. The molecule has 2 aliphatic rings. The van der Waals surface area contributed by atoms with Gasteiger partial charge in [0.2, 0.25) is 0 Å². The van der Waals surface area contributed by atoms with Crippen molar-refractivity contribution < 1.29 is 5.11 Å². The Kier molecular flexibility index (Phi) is 7.09. The number of hydrogen-bond donors (Lipinski definition) is 2. The number of hydrogen-bond acceptors (Lipinski definition) is 3. The van der Waals surface area contributed by atoms with Gasteiger partial charge in [0.1, 0.15) is 5.75 Å². The lowest BCUT2D eigenvalue weighted by molar-refractivity contribution is 0.155. The van der Waals surface area contributed by atoms with Crippen LogP contribution in [0.5, 0.6) is 5.75 Å². The summed E-state index contributed by atoms with van der Waals surface area (Å²) in [5.41, 5.74) is 1.25. The van der Waals surface area contributed by atoms with Crippen LogP contribution in [0.4, 0.5) is 0 Å². The highest BCUT2D eigenvalue weighted by molar-refractivity contribution is 9.10. The molecule has 0 radical (unpaired) electrons. The summed E-state index contributed by atoms with van der Waals surface area (Å²) in [6, 6.07) is 6.10. The van der Waals surface area contributed by atoms with E-state index in [0.29, 0.717) is 11.8 Å². The van der Waals surface area contributed by atoms with E-state index in [-0.39, 0.29) is 24.8 Å². The predicted octanol–water partition coefficient (Wildman–Crippen LogP) is 3.35. The zero-order chi connectivity index (χ0) is 12.5. The molecule has 3 nitrogen and oxygen atoms in total. The number of nitrogens with zero attached hydrogens (tertiary/aromatic N) is 1. The summed E-state index contributed by atoms with van der Waals surface area (Å²) in [7, 11) is 0. The first-order valence-corrected chi connectivity index (χ1v) is 7.48. The highest BCUT2D eigenvalue weighted by Gasteiger charge is 2.37. The summed E-state index contributed by atoms with van der Waals surface area (Å²) in [4.78, 5) is 2.56. The average molecular weight is 384 g/mol. The fraction of sp³-hybridized carbons (Fsp3) is 0.571. The summed E-state index contributed by atoms with van der Waals surface area (Å²) in [6.45, 7) is 4.34.